The molecule has 0 bridgehead atoms. The van der Waals surface area contributed by atoms with Crippen LogP contribution in [-0.2, 0) is 21.3 Å². The maximum absolute atomic E-state index is 12.9. The number of alkyl halides is 3. The molecule has 5 rings (SSSR count). The topological polar surface area (TPSA) is 124 Å². The van der Waals surface area contributed by atoms with Gasteiger partial charge in [0.1, 0.15) is 11.6 Å². The number of aliphatic hydroxyl groups excluding tert-OH is 1. The number of benzene rings is 2. The van der Waals surface area contributed by atoms with E-state index in [1.807, 2.05) is 0 Å². The molecular weight excluding hydrogens is 535 g/mol. The summed E-state index contributed by atoms with van der Waals surface area (Å²) in [7, 11) is 0. The zero-order valence-electron chi connectivity index (χ0n) is 20.7. The number of rotatable bonds is 7. The van der Waals surface area contributed by atoms with Crippen LogP contribution < -0.4 is 15.4 Å². The second-order valence-electron chi connectivity index (χ2n) is 9.25. The fourth-order valence-electron chi connectivity index (χ4n) is 4.30. The Morgan fingerprint density at radius 2 is 1.85 bits per heavy atom. The van der Waals surface area contributed by atoms with E-state index in [9.17, 15) is 26.7 Å². The molecule has 0 spiro atoms. The van der Waals surface area contributed by atoms with Crippen molar-refractivity contribution in [3.05, 3.63) is 72.3 Å². The van der Waals surface area contributed by atoms with Crippen LogP contribution in [0.3, 0.4) is 0 Å². The summed E-state index contributed by atoms with van der Waals surface area (Å²) in [4.78, 5) is 17.5. The van der Waals surface area contributed by atoms with Crippen LogP contribution in [-0.4, -0.2) is 50.3 Å². The van der Waals surface area contributed by atoms with Crippen LogP contribution in [0.25, 0.3) is 11.3 Å². The van der Waals surface area contributed by atoms with E-state index < -0.39 is 22.9 Å². The molecule has 1 amide bonds. The molecule has 1 saturated carbocycles. The van der Waals surface area contributed by atoms with E-state index >= 15 is 0 Å². The van der Waals surface area contributed by atoms with Crippen molar-refractivity contribution >= 4 is 22.8 Å². The van der Waals surface area contributed by atoms with Crippen molar-refractivity contribution in [3.63, 3.8) is 0 Å². The van der Waals surface area contributed by atoms with Gasteiger partial charge in [-0.25, -0.2) is 4.98 Å². The summed E-state index contributed by atoms with van der Waals surface area (Å²) in [6, 6.07) is 16.9. The Hall–Kier alpha value is -3.32. The molecule has 2 aromatic carbocycles. The Morgan fingerprint density at radius 1 is 1.15 bits per heavy atom. The van der Waals surface area contributed by atoms with Crippen LogP contribution in [0.2, 0.25) is 0 Å². The van der Waals surface area contributed by atoms with Crippen LogP contribution >= 0.6 is 0 Å². The molecule has 214 valence electrons. The normalized spacial score (nSPS) is 18.4. The smallest absolute Gasteiger partial charge is 0.573 e. The van der Waals surface area contributed by atoms with Crippen molar-refractivity contribution in [1.82, 2.24) is 10.3 Å². The Morgan fingerprint density at radius 3 is 2.36 bits per heavy atom. The van der Waals surface area contributed by atoms with Crippen LogP contribution in [0.5, 0.6) is 5.75 Å². The molecule has 1 unspecified atom stereocenters. The first-order valence-electron chi connectivity index (χ1n) is 12.3. The summed E-state index contributed by atoms with van der Waals surface area (Å²) in [5.41, 5.74) is 0.997. The second kappa shape index (κ2) is 12.2. The number of carbonyl (C=O) groups excluding carboxylic acids is 1. The number of nitrogens with zero attached hydrogens (tertiary/aromatic N) is 1. The van der Waals surface area contributed by atoms with Crippen LogP contribution in [0.1, 0.15) is 35.5 Å². The highest BCUT2D eigenvalue weighted by atomic mass is 32.2. The Balaban J connectivity index is 0.000000777. The zero-order chi connectivity index (χ0) is 28.0. The molecule has 2 atom stereocenters. The highest BCUT2D eigenvalue weighted by molar-refractivity contribution is 7.79. The summed E-state index contributed by atoms with van der Waals surface area (Å²) < 4.78 is 62.9. The van der Waals surface area contributed by atoms with Gasteiger partial charge in [-0.2, -0.15) is 0 Å². The number of halogens is 3. The van der Waals surface area contributed by atoms with E-state index in [1.165, 1.54) is 42.8 Å². The molecule has 39 heavy (non-hydrogen) atoms. The maximum atomic E-state index is 12.9. The lowest BCUT2D eigenvalue weighted by molar-refractivity contribution is -0.274. The van der Waals surface area contributed by atoms with Gasteiger partial charge in [0, 0.05) is 20.8 Å². The molecule has 2 aliphatic rings. The summed E-state index contributed by atoms with van der Waals surface area (Å²) in [5, 5.41) is 14.4. The van der Waals surface area contributed by atoms with E-state index in [2.05, 4.69) is 20.4 Å². The molecule has 12 heteroatoms. The fraction of sp³-hybridized carbons (Fsp3) is 0.333. The van der Waals surface area contributed by atoms with Gasteiger partial charge in [-0.05, 0) is 85.3 Å². The second-order valence-corrected chi connectivity index (χ2v) is 10.2. The van der Waals surface area contributed by atoms with Gasteiger partial charge < -0.3 is 25.0 Å². The molecule has 1 aliphatic carbocycles. The van der Waals surface area contributed by atoms with Crippen molar-refractivity contribution in [1.29, 1.82) is 0 Å². The van der Waals surface area contributed by atoms with Gasteiger partial charge in [-0.3, -0.25) is 9.00 Å². The number of aliphatic hydroxyl groups is 1. The zero-order valence-corrected chi connectivity index (χ0v) is 21.6. The number of nitrogens with one attached hydrogen (secondary N) is 2. The van der Waals surface area contributed by atoms with Crippen LogP contribution in [0.15, 0.2) is 71.6 Å². The number of hydrogen-bond acceptors (Lipinski definition) is 7. The van der Waals surface area contributed by atoms with Crippen LogP contribution in [0.4, 0.5) is 19.0 Å². The van der Waals surface area contributed by atoms with Crippen molar-refractivity contribution < 1.29 is 40.9 Å². The van der Waals surface area contributed by atoms with Gasteiger partial charge in [-0.1, -0.05) is 30.3 Å². The van der Waals surface area contributed by atoms with E-state index in [0.717, 1.165) is 13.0 Å². The predicted molar refractivity (Wildman–Crippen MR) is 144 cm³/mol. The molecule has 3 aromatic rings. The Labute approximate surface area is 230 Å². The third-order valence-electron chi connectivity index (χ3n) is 6.54. The fourth-order valence-corrected chi connectivity index (χ4v) is 4.66. The lowest BCUT2D eigenvalue weighted by Gasteiger charge is -2.17. The third kappa shape index (κ3) is 7.63. The van der Waals surface area contributed by atoms with Crippen molar-refractivity contribution in [2.75, 3.05) is 18.5 Å². The number of hydrogen-bond donors (Lipinski definition) is 3. The van der Waals surface area contributed by atoms with Gasteiger partial charge in [-0.15, -0.1) is 13.2 Å². The average Bonchev–Trinajstić information content (AvgIpc) is 3.55. The number of pyridine rings is 1. The molecule has 1 aliphatic heterocycles. The van der Waals surface area contributed by atoms with E-state index in [0.29, 0.717) is 48.1 Å². The molecule has 8 nitrogen and oxygen atoms in total. The van der Waals surface area contributed by atoms with E-state index in [4.69, 9.17) is 5.11 Å². The van der Waals surface area contributed by atoms with Crippen molar-refractivity contribution in [2.24, 2.45) is 0 Å². The van der Waals surface area contributed by atoms with Gasteiger partial charge in [0.05, 0.1) is 17.7 Å². The standard InChI is InChI=1S/C22H17F3N2O4S.C5H11NO.3H2/c23-22(24,25)31-16-8-6-15(7-9-16)21(12-13-21)20(28)27-19-3-1-2-18(26-19)14-4-10-17(11-5-14)32(29)30;7-4-5-2-1-3-6-5;;;/h1-11H,12-13H2,(H,29,30)(H,26,27,28);5-7H,1-4H2;3*1H/p-1/t;5-;;;/m.1.../s1. The summed E-state index contributed by atoms with van der Waals surface area (Å²) >= 11 is -2.32. The van der Waals surface area contributed by atoms with E-state index in [1.54, 1.807) is 30.3 Å². The molecule has 1 saturated heterocycles. The minimum atomic E-state index is -4.78. The Bertz CT molecular complexity index is 1310. The summed E-state index contributed by atoms with van der Waals surface area (Å²) in [6.45, 7) is 1.39. The third-order valence-corrected chi connectivity index (χ3v) is 7.20. The highest BCUT2D eigenvalue weighted by Crippen LogP contribution is 2.49. The highest BCUT2D eigenvalue weighted by Gasteiger charge is 2.51. The Kier molecular flexibility index (Phi) is 9.01. The first-order valence-corrected chi connectivity index (χ1v) is 13.4. The number of carbonyl (C=O) groups is 1. The molecule has 2 fully saturated rings. The lowest BCUT2D eigenvalue weighted by atomic mass is 9.95. The van der Waals surface area contributed by atoms with Gasteiger partial charge >= 0.3 is 6.36 Å². The number of amides is 1. The number of aromatic nitrogens is 1. The van der Waals surface area contributed by atoms with Crippen LogP contribution in [0, 0.1) is 0 Å². The quantitative estimate of drug-likeness (QED) is 0.342. The summed E-state index contributed by atoms with van der Waals surface area (Å²) in [6.07, 6.45) is -1.28. The maximum Gasteiger partial charge on any atom is 0.573 e. The number of ether oxygens (including phenoxy) is 1. The van der Waals surface area contributed by atoms with Crippen molar-refractivity contribution in [3.8, 4) is 17.0 Å². The minimum Gasteiger partial charge on any atom is -0.768 e. The van der Waals surface area contributed by atoms with Gasteiger partial charge in [0.25, 0.3) is 0 Å². The molecule has 2 heterocycles. The van der Waals surface area contributed by atoms with E-state index in [-0.39, 0.29) is 20.8 Å². The predicted octanol–water partition coefficient (Wildman–Crippen LogP) is 5.02. The van der Waals surface area contributed by atoms with Gasteiger partial charge in [0.2, 0.25) is 5.91 Å². The average molecular weight is 569 g/mol. The monoisotopic (exact) mass is 568 g/mol. The minimum absolute atomic E-state index is 0. The largest absolute Gasteiger partial charge is 0.768 e. The SMILES string of the molecule is O=C(Nc1cccc(-c2ccc(S(=O)[O-])cc2)n1)C1(c2ccc(OC(F)(F)F)cc2)CC1.OC[C@H]1CCCN1.[HH].[HH].[HH]. The first kappa shape index (κ1) is 28.7. The van der Waals surface area contributed by atoms with Crippen molar-refractivity contribution in [2.45, 2.75) is 48.4 Å². The summed E-state index contributed by atoms with van der Waals surface area (Å²) in [5.74, 6) is -0.338. The molecule has 0 radical (unpaired) electrons. The molecular formula is C27H33F3N3O5S-. The lowest BCUT2D eigenvalue weighted by Crippen LogP contribution is -2.28. The first-order chi connectivity index (χ1) is 18.6. The number of anilines is 1. The van der Waals surface area contributed by atoms with Gasteiger partial charge in [0.15, 0.2) is 0 Å². The molecule has 1 aromatic heterocycles. The molecule has 3 N–H and O–H groups in total.